The Morgan fingerprint density at radius 3 is 2.62 bits per heavy atom. The summed E-state index contributed by atoms with van der Waals surface area (Å²) in [7, 11) is 1.35. The van der Waals surface area contributed by atoms with Crippen LogP contribution in [-0.2, 0) is 4.74 Å². The molecule has 3 N–H and O–H groups in total. The van der Waals surface area contributed by atoms with Gasteiger partial charge in [0.05, 0.1) is 12.7 Å². The summed E-state index contributed by atoms with van der Waals surface area (Å²) in [6.45, 7) is 2.93. The van der Waals surface area contributed by atoms with Crippen LogP contribution in [0.5, 0.6) is 0 Å². The van der Waals surface area contributed by atoms with Gasteiger partial charge in [-0.1, -0.05) is 37.3 Å². The summed E-state index contributed by atoms with van der Waals surface area (Å²) < 4.78 is 4.72. The van der Waals surface area contributed by atoms with Crippen LogP contribution >= 0.6 is 0 Å². The molecule has 0 radical (unpaired) electrons. The van der Waals surface area contributed by atoms with Crippen LogP contribution in [-0.4, -0.2) is 19.6 Å². The number of esters is 1. The maximum Gasteiger partial charge on any atom is 0.340 e. The van der Waals surface area contributed by atoms with Gasteiger partial charge >= 0.3 is 5.97 Å². The first-order valence-electron chi connectivity index (χ1n) is 6.88. The molecule has 21 heavy (non-hydrogen) atoms. The molecule has 110 valence electrons. The lowest BCUT2D eigenvalue weighted by Gasteiger charge is -2.15. The van der Waals surface area contributed by atoms with Gasteiger partial charge in [-0.2, -0.15) is 0 Å². The van der Waals surface area contributed by atoms with E-state index in [1.807, 2.05) is 24.3 Å². The van der Waals surface area contributed by atoms with Crippen molar-refractivity contribution in [1.82, 2.24) is 0 Å². The van der Waals surface area contributed by atoms with Crippen LogP contribution < -0.4 is 11.1 Å². The van der Waals surface area contributed by atoms with Gasteiger partial charge in [0.2, 0.25) is 0 Å². The van der Waals surface area contributed by atoms with Crippen molar-refractivity contribution in [1.29, 1.82) is 0 Å². The van der Waals surface area contributed by atoms with Crippen molar-refractivity contribution in [3.63, 3.8) is 0 Å². The summed E-state index contributed by atoms with van der Waals surface area (Å²) in [6.07, 6.45) is 0. The topological polar surface area (TPSA) is 64.3 Å². The van der Waals surface area contributed by atoms with Crippen molar-refractivity contribution in [2.45, 2.75) is 12.8 Å². The minimum absolute atomic E-state index is 0.366. The molecule has 0 saturated carbocycles. The van der Waals surface area contributed by atoms with Crippen molar-refractivity contribution in [2.24, 2.45) is 0 Å². The highest BCUT2D eigenvalue weighted by molar-refractivity contribution is 5.96. The van der Waals surface area contributed by atoms with E-state index in [9.17, 15) is 4.79 Å². The summed E-state index contributed by atoms with van der Waals surface area (Å²) in [6, 6.07) is 15.6. The fourth-order valence-corrected chi connectivity index (χ4v) is 2.12. The van der Waals surface area contributed by atoms with E-state index in [1.54, 1.807) is 12.1 Å². The molecule has 2 aromatic rings. The molecule has 0 heterocycles. The van der Waals surface area contributed by atoms with Gasteiger partial charge in [-0.25, -0.2) is 4.79 Å². The first kappa shape index (κ1) is 14.9. The van der Waals surface area contributed by atoms with Crippen LogP contribution in [0, 0.1) is 0 Å². The maximum absolute atomic E-state index is 11.6. The van der Waals surface area contributed by atoms with E-state index in [0.29, 0.717) is 17.2 Å². The lowest BCUT2D eigenvalue weighted by molar-refractivity contribution is 0.0602. The maximum atomic E-state index is 11.6. The molecule has 0 amide bonds. The number of ether oxygens (including phenoxy) is 1. The SMILES string of the molecule is COC(=O)c1cc(NCC(C)c2ccccc2)ccc1N. The smallest absolute Gasteiger partial charge is 0.340 e. The molecule has 0 spiro atoms. The normalized spacial score (nSPS) is 11.7. The zero-order valence-electron chi connectivity index (χ0n) is 12.3. The lowest BCUT2D eigenvalue weighted by Crippen LogP contribution is -2.11. The Balaban J connectivity index is 2.05. The predicted octanol–water partition coefficient (Wildman–Crippen LogP) is 3.27. The van der Waals surface area contributed by atoms with E-state index in [0.717, 1.165) is 12.2 Å². The Kier molecular flexibility index (Phi) is 4.82. The molecular formula is C17H20N2O2. The van der Waals surface area contributed by atoms with Gasteiger partial charge in [0, 0.05) is 17.9 Å². The van der Waals surface area contributed by atoms with Crippen LogP contribution in [0.2, 0.25) is 0 Å². The van der Waals surface area contributed by atoms with Crippen LogP contribution in [0.25, 0.3) is 0 Å². The second-order valence-corrected chi connectivity index (χ2v) is 4.99. The number of nitrogens with two attached hydrogens (primary N) is 1. The summed E-state index contributed by atoms with van der Waals surface area (Å²) in [5.41, 5.74) is 8.71. The number of nitrogen functional groups attached to an aromatic ring is 1. The van der Waals surface area contributed by atoms with Gasteiger partial charge in [0.1, 0.15) is 0 Å². The zero-order valence-corrected chi connectivity index (χ0v) is 12.3. The van der Waals surface area contributed by atoms with Crippen molar-refractivity contribution >= 4 is 17.3 Å². The first-order chi connectivity index (χ1) is 10.1. The molecule has 1 unspecified atom stereocenters. The van der Waals surface area contributed by atoms with E-state index in [-0.39, 0.29) is 0 Å². The van der Waals surface area contributed by atoms with E-state index in [1.165, 1.54) is 12.7 Å². The number of carbonyl (C=O) groups is 1. The number of hydrogen-bond acceptors (Lipinski definition) is 4. The molecule has 0 aromatic heterocycles. The van der Waals surface area contributed by atoms with Gasteiger partial charge in [-0.15, -0.1) is 0 Å². The van der Waals surface area contributed by atoms with Gasteiger partial charge < -0.3 is 15.8 Å². The fourth-order valence-electron chi connectivity index (χ4n) is 2.12. The molecule has 0 aliphatic carbocycles. The number of methoxy groups -OCH3 is 1. The summed E-state index contributed by atoms with van der Waals surface area (Å²) in [5, 5.41) is 3.33. The Bertz CT molecular complexity index is 611. The lowest BCUT2D eigenvalue weighted by atomic mass is 10.0. The van der Waals surface area contributed by atoms with Crippen molar-refractivity contribution in [3.05, 3.63) is 59.7 Å². The van der Waals surface area contributed by atoms with Gasteiger partial charge in [0.15, 0.2) is 0 Å². The molecule has 1 atom stereocenters. The minimum Gasteiger partial charge on any atom is -0.465 e. The van der Waals surface area contributed by atoms with E-state index < -0.39 is 5.97 Å². The number of carbonyl (C=O) groups excluding carboxylic acids is 1. The standard InChI is InChI=1S/C17H20N2O2/c1-12(13-6-4-3-5-7-13)11-19-14-8-9-16(18)15(10-14)17(20)21-2/h3-10,12,19H,11,18H2,1-2H3. The Hall–Kier alpha value is -2.49. The van der Waals surface area contributed by atoms with Gasteiger partial charge in [0.25, 0.3) is 0 Å². The quantitative estimate of drug-likeness (QED) is 0.653. The predicted molar refractivity (Wildman–Crippen MR) is 85.5 cm³/mol. The summed E-state index contributed by atoms with van der Waals surface area (Å²) >= 11 is 0. The number of benzene rings is 2. The van der Waals surface area contributed by atoms with Crippen molar-refractivity contribution in [2.75, 3.05) is 24.7 Å². The Labute approximate surface area is 124 Å². The highest BCUT2D eigenvalue weighted by Crippen LogP contribution is 2.20. The molecule has 0 aliphatic heterocycles. The molecule has 2 aromatic carbocycles. The van der Waals surface area contributed by atoms with Crippen LogP contribution in [0.1, 0.15) is 28.8 Å². The van der Waals surface area contributed by atoms with E-state index >= 15 is 0 Å². The third-order valence-electron chi connectivity index (χ3n) is 3.44. The van der Waals surface area contributed by atoms with E-state index in [2.05, 4.69) is 24.4 Å². The zero-order chi connectivity index (χ0) is 15.2. The highest BCUT2D eigenvalue weighted by atomic mass is 16.5. The summed E-state index contributed by atoms with van der Waals surface area (Å²) in [4.78, 5) is 11.6. The largest absolute Gasteiger partial charge is 0.465 e. The molecule has 0 saturated heterocycles. The average molecular weight is 284 g/mol. The molecule has 0 fully saturated rings. The third kappa shape index (κ3) is 3.75. The molecule has 0 bridgehead atoms. The Morgan fingerprint density at radius 1 is 1.24 bits per heavy atom. The number of rotatable bonds is 5. The molecule has 4 nitrogen and oxygen atoms in total. The second-order valence-electron chi connectivity index (χ2n) is 4.99. The van der Waals surface area contributed by atoms with E-state index in [4.69, 9.17) is 10.5 Å². The molecule has 4 heteroatoms. The number of nitrogens with one attached hydrogen (secondary N) is 1. The van der Waals surface area contributed by atoms with Crippen molar-refractivity contribution in [3.8, 4) is 0 Å². The average Bonchev–Trinajstić information content (AvgIpc) is 2.53. The molecule has 2 rings (SSSR count). The Morgan fingerprint density at radius 2 is 1.95 bits per heavy atom. The minimum atomic E-state index is -0.424. The van der Waals surface area contributed by atoms with Crippen LogP contribution in [0.4, 0.5) is 11.4 Å². The van der Waals surface area contributed by atoms with Gasteiger partial charge in [-0.3, -0.25) is 0 Å². The monoisotopic (exact) mass is 284 g/mol. The molecular weight excluding hydrogens is 264 g/mol. The third-order valence-corrected chi connectivity index (χ3v) is 3.44. The first-order valence-corrected chi connectivity index (χ1v) is 6.88. The fraction of sp³-hybridized carbons (Fsp3) is 0.235. The molecule has 0 aliphatic rings. The summed E-state index contributed by atoms with van der Waals surface area (Å²) in [5.74, 6) is -0.0578. The number of anilines is 2. The van der Waals surface area contributed by atoms with Crippen molar-refractivity contribution < 1.29 is 9.53 Å². The highest BCUT2D eigenvalue weighted by Gasteiger charge is 2.11. The number of hydrogen-bond donors (Lipinski definition) is 2. The second kappa shape index (κ2) is 6.79. The van der Waals surface area contributed by atoms with Crippen LogP contribution in [0.15, 0.2) is 48.5 Å². The van der Waals surface area contributed by atoms with Gasteiger partial charge in [-0.05, 0) is 29.7 Å². The van der Waals surface area contributed by atoms with Crippen LogP contribution in [0.3, 0.4) is 0 Å².